The number of unbranched alkanes of at least 4 members (excludes halogenated alkanes) is 1. The van der Waals surface area contributed by atoms with E-state index in [9.17, 15) is 13.2 Å². The Balaban J connectivity index is 1.85. The van der Waals surface area contributed by atoms with Crippen molar-refractivity contribution in [3.05, 3.63) is 0 Å². The van der Waals surface area contributed by atoms with E-state index in [1.165, 1.54) is 0 Å². The maximum Gasteiger partial charge on any atom is 0.225 e. The Bertz CT molecular complexity index is 550. The molecule has 0 radical (unpaired) electrons. The van der Waals surface area contributed by atoms with Crippen LogP contribution in [0.2, 0.25) is 0 Å². The standard InChI is InChI=1S/C19H37N3O3S/c1-5-6-15-26(24,25)22-13-9-18(10-14-22)19(23)21(4)16(2)17-7-11-20(3)12-8-17/h16-18H,5-15H2,1-4H3/t16-/m0/s1. The molecule has 0 aromatic rings. The van der Waals surface area contributed by atoms with Crippen molar-refractivity contribution < 1.29 is 13.2 Å². The first-order valence-electron chi connectivity index (χ1n) is 10.2. The van der Waals surface area contributed by atoms with E-state index < -0.39 is 10.0 Å². The van der Waals surface area contributed by atoms with Crippen LogP contribution >= 0.6 is 0 Å². The molecule has 1 amide bonds. The molecule has 0 N–H and O–H groups in total. The molecule has 2 heterocycles. The van der Waals surface area contributed by atoms with Crippen LogP contribution in [0.25, 0.3) is 0 Å². The van der Waals surface area contributed by atoms with Gasteiger partial charge in [-0.1, -0.05) is 13.3 Å². The van der Waals surface area contributed by atoms with Crippen molar-refractivity contribution in [1.82, 2.24) is 14.1 Å². The molecule has 2 fully saturated rings. The lowest BCUT2D eigenvalue weighted by Crippen LogP contribution is -2.48. The van der Waals surface area contributed by atoms with Crippen LogP contribution in [0.1, 0.15) is 52.4 Å². The SMILES string of the molecule is CCCCS(=O)(=O)N1CCC(C(=O)N(C)[C@@H](C)C2CCN(C)CC2)CC1. The lowest BCUT2D eigenvalue weighted by atomic mass is 9.88. The summed E-state index contributed by atoms with van der Waals surface area (Å²) in [5.74, 6) is 0.956. The molecule has 2 aliphatic heterocycles. The molecule has 0 aliphatic carbocycles. The minimum Gasteiger partial charge on any atom is -0.343 e. The topological polar surface area (TPSA) is 60.9 Å². The fourth-order valence-corrected chi connectivity index (χ4v) is 5.83. The fraction of sp³-hybridized carbons (Fsp3) is 0.947. The molecule has 152 valence electrons. The first-order valence-corrected chi connectivity index (χ1v) is 11.8. The summed E-state index contributed by atoms with van der Waals surface area (Å²) in [4.78, 5) is 17.2. The van der Waals surface area contributed by atoms with Gasteiger partial charge in [-0.2, -0.15) is 0 Å². The lowest BCUT2D eigenvalue weighted by Gasteiger charge is -2.39. The largest absolute Gasteiger partial charge is 0.343 e. The molecule has 0 bridgehead atoms. The Morgan fingerprint density at radius 2 is 1.69 bits per heavy atom. The van der Waals surface area contributed by atoms with Gasteiger partial charge in [0.15, 0.2) is 0 Å². The summed E-state index contributed by atoms with van der Waals surface area (Å²) >= 11 is 0. The fourth-order valence-electron chi connectivity index (χ4n) is 4.15. The van der Waals surface area contributed by atoms with Crippen molar-refractivity contribution in [2.75, 3.05) is 46.0 Å². The predicted octanol–water partition coefficient (Wildman–Crippen LogP) is 2.02. The molecule has 1 atom stereocenters. The summed E-state index contributed by atoms with van der Waals surface area (Å²) in [6.45, 7) is 7.34. The zero-order valence-electron chi connectivity index (χ0n) is 17.0. The van der Waals surface area contributed by atoms with E-state index in [4.69, 9.17) is 0 Å². The van der Waals surface area contributed by atoms with Crippen LogP contribution in [0.5, 0.6) is 0 Å². The van der Waals surface area contributed by atoms with E-state index in [1.807, 2.05) is 18.9 Å². The van der Waals surface area contributed by atoms with Crippen LogP contribution in [-0.4, -0.2) is 80.5 Å². The van der Waals surface area contributed by atoms with Gasteiger partial charge in [-0.3, -0.25) is 4.79 Å². The number of piperidine rings is 2. The van der Waals surface area contributed by atoms with Crippen LogP contribution in [0.4, 0.5) is 0 Å². The summed E-state index contributed by atoms with van der Waals surface area (Å²) < 4.78 is 26.2. The highest BCUT2D eigenvalue weighted by atomic mass is 32.2. The Hall–Kier alpha value is -0.660. The molecule has 0 aromatic heterocycles. The van der Waals surface area contributed by atoms with E-state index >= 15 is 0 Å². The van der Waals surface area contributed by atoms with Crippen LogP contribution in [0.15, 0.2) is 0 Å². The van der Waals surface area contributed by atoms with E-state index in [2.05, 4.69) is 18.9 Å². The minimum absolute atomic E-state index is 0.0358. The second kappa shape index (κ2) is 9.51. The molecule has 6 nitrogen and oxygen atoms in total. The molecule has 2 rings (SSSR count). The Labute approximate surface area is 159 Å². The normalized spacial score (nSPS) is 23.1. The number of sulfonamides is 1. The zero-order valence-corrected chi connectivity index (χ0v) is 17.8. The molecule has 0 saturated carbocycles. The zero-order chi connectivity index (χ0) is 19.3. The minimum atomic E-state index is -3.15. The molecule has 0 spiro atoms. The van der Waals surface area contributed by atoms with Crippen molar-refractivity contribution in [2.24, 2.45) is 11.8 Å². The summed E-state index contributed by atoms with van der Waals surface area (Å²) in [5, 5.41) is 0. The highest BCUT2D eigenvalue weighted by Gasteiger charge is 2.34. The monoisotopic (exact) mass is 387 g/mol. The van der Waals surface area contributed by atoms with Gasteiger partial charge in [0.1, 0.15) is 0 Å². The van der Waals surface area contributed by atoms with Crippen molar-refractivity contribution in [2.45, 2.75) is 58.4 Å². The van der Waals surface area contributed by atoms with E-state index in [0.29, 0.717) is 38.3 Å². The number of rotatable bonds is 7. The second-order valence-corrected chi connectivity index (χ2v) is 10.3. The summed E-state index contributed by atoms with van der Waals surface area (Å²) in [6.07, 6.45) is 5.17. The molecule has 7 heteroatoms. The van der Waals surface area contributed by atoms with Gasteiger partial charge in [-0.25, -0.2) is 12.7 Å². The third-order valence-electron chi connectivity index (χ3n) is 6.36. The maximum absolute atomic E-state index is 12.9. The van der Waals surface area contributed by atoms with Crippen LogP contribution in [0.3, 0.4) is 0 Å². The van der Waals surface area contributed by atoms with Crippen molar-refractivity contribution in [1.29, 1.82) is 0 Å². The maximum atomic E-state index is 12.9. The highest BCUT2D eigenvalue weighted by Crippen LogP contribution is 2.27. The smallest absolute Gasteiger partial charge is 0.225 e. The number of likely N-dealkylation sites (tertiary alicyclic amines) is 1. The summed E-state index contributed by atoms with van der Waals surface area (Å²) in [5.41, 5.74) is 0. The van der Waals surface area contributed by atoms with Gasteiger partial charge in [0.2, 0.25) is 15.9 Å². The Kier molecular flexibility index (Phi) is 7.91. The molecule has 0 aromatic carbocycles. The summed E-state index contributed by atoms with van der Waals surface area (Å²) in [7, 11) is 0.927. The average Bonchev–Trinajstić information content (AvgIpc) is 2.65. The molecule has 2 aliphatic rings. The van der Waals surface area contributed by atoms with E-state index in [0.717, 1.165) is 32.4 Å². The quantitative estimate of drug-likeness (QED) is 0.670. The number of nitrogens with zero attached hydrogens (tertiary/aromatic N) is 3. The number of carbonyl (C=O) groups excluding carboxylic acids is 1. The molecular formula is C19H37N3O3S. The lowest BCUT2D eigenvalue weighted by molar-refractivity contribution is -0.138. The average molecular weight is 388 g/mol. The summed E-state index contributed by atoms with van der Waals surface area (Å²) in [6, 6.07) is 0.252. The van der Waals surface area contributed by atoms with Gasteiger partial charge in [0, 0.05) is 32.1 Å². The Morgan fingerprint density at radius 1 is 1.12 bits per heavy atom. The second-order valence-electron chi connectivity index (χ2n) is 8.17. The highest BCUT2D eigenvalue weighted by molar-refractivity contribution is 7.89. The van der Waals surface area contributed by atoms with Gasteiger partial charge in [-0.15, -0.1) is 0 Å². The third kappa shape index (κ3) is 5.42. The number of hydrogen-bond donors (Lipinski definition) is 0. The van der Waals surface area contributed by atoms with Crippen molar-refractivity contribution in [3.8, 4) is 0 Å². The third-order valence-corrected chi connectivity index (χ3v) is 8.31. The van der Waals surface area contributed by atoms with Gasteiger partial charge in [-0.05, 0) is 65.1 Å². The first-order chi connectivity index (χ1) is 12.3. The van der Waals surface area contributed by atoms with Crippen LogP contribution < -0.4 is 0 Å². The van der Waals surface area contributed by atoms with Crippen LogP contribution in [-0.2, 0) is 14.8 Å². The van der Waals surface area contributed by atoms with Gasteiger partial charge in [0.05, 0.1) is 5.75 Å². The molecule has 2 saturated heterocycles. The molecule has 0 unspecified atom stereocenters. The number of carbonyl (C=O) groups is 1. The Morgan fingerprint density at radius 3 is 2.23 bits per heavy atom. The first kappa shape index (κ1) is 21.6. The van der Waals surface area contributed by atoms with E-state index in [-0.39, 0.29) is 23.6 Å². The van der Waals surface area contributed by atoms with Crippen LogP contribution in [0, 0.1) is 11.8 Å². The molecule has 26 heavy (non-hydrogen) atoms. The number of amides is 1. The predicted molar refractivity (Wildman–Crippen MR) is 105 cm³/mol. The number of hydrogen-bond acceptors (Lipinski definition) is 4. The van der Waals surface area contributed by atoms with Gasteiger partial charge >= 0.3 is 0 Å². The van der Waals surface area contributed by atoms with Gasteiger partial charge in [0.25, 0.3) is 0 Å². The van der Waals surface area contributed by atoms with Gasteiger partial charge < -0.3 is 9.80 Å². The van der Waals surface area contributed by atoms with E-state index in [1.54, 1.807) is 4.31 Å². The van der Waals surface area contributed by atoms with Crippen molar-refractivity contribution >= 4 is 15.9 Å². The van der Waals surface area contributed by atoms with Crippen molar-refractivity contribution in [3.63, 3.8) is 0 Å². The molecular weight excluding hydrogens is 350 g/mol.